The molecule has 1 saturated heterocycles. The topological polar surface area (TPSA) is 188 Å². The van der Waals surface area contributed by atoms with E-state index in [0.717, 1.165) is 17.0 Å². The van der Waals surface area contributed by atoms with Crippen LogP contribution >= 0.6 is 11.3 Å². The second-order valence-electron chi connectivity index (χ2n) is 17.6. The Labute approximate surface area is 388 Å². The van der Waals surface area contributed by atoms with E-state index < -0.39 is 36.1 Å². The standard InChI is InChI=1S/C48H71N7O9S/c1-10-32(4)44(53(7)42(60)30-50-47(62)43(31(2)3)52(6)38(56)21-15-12-16-25-55-39(57)22-23-40(55)58)37(63-8)29-41(59)54-26-17-20-36(54)45(64-9)33(5)46(61)51-35(48-49-24-27-65-48)28-34-18-13-11-14-19-34/h11,13-14,18-19,22-24,27,31-33,35-37,43-45H,10,12,15-17,20-21,25-26,28-30H2,1-9H3,(H,50,62)(H,51,61). The number of carbonyl (C=O) groups excluding carboxylic acids is 7. The van der Waals surface area contributed by atoms with Crippen LogP contribution in [-0.2, 0) is 49.5 Å². The number of nitrogens with zero attached hydrogens (tertiary/aromatic N) is 5. The number of rotatable bonds is 26. The molecule has 0 radical (unpaired) electrons. The van der Waals surface area contributed by atoms with E-state index in [-0.39, 0.29) is 85.3 Å². The molecule has 65 heavy (non-hydrogen) atoms. The quantitative estimate of drug-likeness (QED) is 0.100. The molecule has 7 amide bonds. The molecule has 3 heterocycles. The molecule has 16 nitrogen and oxygen atoms in total. The van der Waals surface area contributed by atoms with Crippen LogP contribution in [0.1, 0.15) is 103 Å². The smallest absolute Gasteiger partial charge is 0.253 e. The monoisotopic (exact) mass is 922 g/mol. The molecule has 17 heteroatoms. The summed E-state index contributed by atoms with van der Waals surface area (Å²) >= 11 is 1.49. The minimum Gasteiger partial charge on any atom is -0.379 e. The first-order valence-corrected chi connectivity index (χ1v) is 23.8. The van der Waals surface area contributed by atoms with Crippen molar-refractivity contribution in [3.8, 4) is 0 Å². The summed E-state index contributed by atoms with van der Waals surface area (Å²) in [6.45, 7) is 9.96. The molecule has 2 N–H and O–H groups in total. The van der Waals surface area contributed by atoms with Crippen molar-refractivity contribution in [2.45, 2.75) is 129 Å². The highest BCUT2D eigenvalue weighted by Crippen LogP contribution is 2.30. The summed E-state index contributed by atoms with van der Waals surface area (Å²) in [6, 6.07) is 7.90. The third-order valence-electron chi connectivity index (χ3n) is 13.0. The van der Waals surface area contributed by atoms with E-state index in [9.17, 15) is 33.6 Å². The Morgan fingerprint density at radius 2 is 1.60 bits per heavy atom. The van der Waals surface area contributed by atoms with Gasteiger partial charge in [-0.2, -0.15) is 0 Å². The molecule has 1 aromatic heterocycles. The number of likely N-dealkylation sites (tertiary alicyclic amines) is 1. The second-order valence-corrected chi connectivity index (χ2v) is 18.6. The van der Waals surface area contributed by atoms with Crippen LogP contribution < -0.4 is 10.6 Å². The molecule has 0 spiro atoms. The lowest BCUT2D eigenvalue weighted by atomic mass is 9.90. The molecule has 2 aliphatic rings. The van der Waals surface area contributed by atoms with Gasteiger partial charge < -0.3 is 34.8 Å². The van der Waals surface area contributed by atoms with Crippen molar-refractivity contribution in [2.24, 2.45) is 17.8 Å². The fraction of sp³-hybridized carbons (Fsp3) is 0.625. The summed E-state index contributed by atoms with van der Waals surface area (Å²) in [4.78, 5) is 103. The van der Waals surface area contributed by atoms with Crippen molar-refractivity contribution in [3.05, 3.63) is 64.6 Å². The summed E-state index contributed by atoms with van der Waals surface area (Å²) in [5.41, 5.74) is 1.07. The fourth-order valence-electron chi connectivity index (χ4n) is 9.11. The normalized spacial score (nSPS) is 18.2. The van der Waals surface area contributed by atoms with Crippen LogP contribution in [-0.4, -0.2) is 144 Å². The number of methoxy groups -OCH3 is 2. The summed E-state index contributed by atoms with van der Waals surface area (Å²) in [5, 5.41) is 8.67. The van der Waals surface area contributed by atoms with E-state index in [1.807, 2.05) is 70.3 Å². The molecule has 0 aliphatic carbocycles. The molecule has 8 atom stereocenters. The van der Waals surface area contributed by atoms with Gasteiger partial charge >= 0.3 is 0 Å². The summed E-state index contributed by atoms with van der Waals surface area (Å²) < 4.78 is 12.0. The average Bonchev–Trinajstić information content (AvgIpc) is 4.08. The Balaban J connectivity index is 1.35. The van der Waals surface area contributed by atoms with E-state index in [4.69, 9.17) is 9.47 Å². The zero-order chi connectivity index (χ0) is 47.8. The van der Waals surface area contributed by atoms with Gasteiger partial charge in [0.1, 0.15) is 11.0 Å². The van der Waals surface area contributed by atoms with Gasteiger partial charge in [-0.1, -0.05) is 77.8 Å². The Bertz CT molecular complexity index is 1910. The maximum atomic E-state index is 14.3. The van der Waals surface area contributed by atoms with Gasteiger partial charge in [0.05, 0.1) is 49.2 Å². The zero-order valence-electron chi connectivity index (χ0n) is 39.7. The van der Waals surface area contributed by atoms with Crippen LogP contribution in [0.2, 0.25) is 0 Å². The SMILES string of the molecule is CCC(C)C(C(CC(=O)N1CCCC1C(OC)C(C)C(=O)NC(Cc1ccccc1)c1nccs1)OC)N(C)C(=O)CNC(=O)C(C(C)C)N(C)C(=O)CCCCCN1C(=O)C=CC1=O. The molecule has 4 rings (SSSR count). The molecule has 0 saturated carbocycles. The maximum absolute atomic E-state index is 14.3. The summed E-state index contributed by atoms with van der Waals surface area (Å²) in [6.07, 6.45) is 7.51. The van der Waals surface area contributed by atoms with Crippen LogP contribution in [0.15, 0.2) is 54.1 Å². The van der Waals surface area contributed by atoms with Crippen LogP contribution in [0.3, 0.4) is 0 Å². The van der Waals surface area contributed by atoms with Crippen LogP contribution in [0.25, 0.3) is 0 Å². The Kier molecular flexibility index (Phi) is 20.7. The number of imide groups is 1. The molecule has 2 aliphatic heterocycles. The number of hydrogen-bond donors (Lipinski definition) is 2. The van der Waals surface area contributed by atoms with Crippen LogP contribution in [0.5, 0.6) is 0 Å². The number of thiazole rings is 1. The van der Waals surface area contributed by atoms with Crippen LogP contribution in [0, 0.1) is 17.8 Å². The highest BCUT2D eigenvalue weighted by Gasteiger charge is 2.42. The third-order valence-corrected chi connectivity index (χ3v) is 13.8. The highest BCUT2D eigenvalue weighted by molar-refractivity contribution is 7.09. The third kappa shape index (κ3) is 14.2. The number of amides is 7. The fourth-order valence-corrected chi connectivity index (χ4v) is 9.80. The van der Waals surface area contributed by atoms with E-state index in [0.29, 0.717) is 45.1 Å². The average molecular weight is 922 g/mol. The van der Waals surface area contributed by atoms with Gasteiger partial charge in [0.25, 0.3) is 11.8 Å². The molecular weight excluding hydrogens is 851 g/mol. The van der Waals surface area contributed by atoms with Gasteiger partial charge in [-0.25, -0.2) is 4.98 Å². The first-order valence-electron chi connectivity index (χ1n) is 23.0. The number of hydrogen-bond acceptors (Lipinski definition) is 11. The predicted molar refractivity (Wildman–Crippen MR) is 248 cm³/mol. The van der Waals surface area contributed by atoms with Crippen molar-refractivity contribution < 1.29 is 43.0 Å². The van der Waals surface area contributed by atoms with Gasteiger partial charge in [0, 0.05) is 71.6 Å². The molecule has 1 fully saturated rings. The van der Waals surface area contributed by atoms with Gasteiger partial charge in [-0.3, -0.25) is 38.5 Å². The molecule has 358 valence electrons. The summed E-state index contributed by atoms with van der Waals surface area (Å²) in [5.74, 6) is -3.01. The Morgan fingerprint density at radius 3 is 2.20 bits per heavy atom. The number of ether oxygens (including phenoxy) is 2. The van der Waals surface area contributed by atoms with Crippen molar-refractivity contribution in [2.75, 3.05) is 47.9 Å². The number of carbonyl (C=O) groups is 7. The first-order chi connectivity index (χ1) is 31.0. The predicted octanol–water partition coefficient (Wildman–Crippen LogP) is 4.55. The van der Waals surface area contributed by atoms with Gasteiger partial charge in [-0.05, 0) is 49.5 Å². The summed E-state index contributed by atoms with van der Waals surface area (Å²) in [7, 11) is 6.33. The highest BCUT2D eigenvalue weighted by atomic mass is 32.1. The van der Waals surface area contributed by atoms with E-state index in [1.165, 1.54) is 40.4 Å². The van der Waals surface area contributed by atoms with E-state index >= 15 is 0 Å². The molecular formula is C48H71N7O9S. The molecule has 2 aromatic rings. The lowest BCUT2D eigenvalue weighted by molar-refractivity contribution is -0.146. The lowest BCUT2D eigenvalue weighted by Gasteiger charge is -2.39. The first kappa shape index (κ1) is 52.6. The number of nitrogens with one attached hydrogen (secondary N) is 2. The number of unbranched alkanes of at least 4 members (excludes halogenated alkanes) is 2. The van der Waals surface area contributed by atoms with E-state index in [2.05, 4.69) is 15.6 Å². The minimum absolute atomic E-state index is 0.0137. The number of aromatic nitrogens is 1. The van der Waals surface area contributed by atoms with Crippen molar-refractivity contribution in [1.29, 1.82) is 0 Å². The largest absolute Gasteiger partial charge is 0.379 e. The molecule has 0 bridgehead atoms. The van der Waals surface area contributed by atoms with Crippen molar-refractivity contribution >= 4 is 52.7 Å². The van der Waals surface area contributed by atoms with Crippen molar-refractivity contribution in [1.82, 2.24) is 35.2 Å². The van der Waals surface area contributed by atoms with Crippen LogP contribution in [0.4, 0.5) is 0 Å². The second kappa shape index (κ2) is 25.6. The molecule has 8 unspecified atom stereocenters. The van der Waals surface area contributed by atoms with Gasteiger partial charge in [0.2, 0.25) is 29.5 Å². The van der Waals surface area contributed by atoms with E-state index in [1.54, 1.807) is 37.2 Å². The van der Waals surface area contributed by atoms with Gasteiger partial charge in [0.15, 0.2) is 0 Å². The Hall–Kier alpha value is -5.00. The van der Waals surface area contributed by atoms with Crippen molar-refractivity contribution in [3.63, 3.8) is 0 Å². The maximum Gasteiger partial charge on any atom is 0.253 e. The lowest BCUT2D eigenvalue weighted by Crippen LogP contribution is -2.55. The molecule has 1 aromatic carbocycles. The van der Waals surface area contributed by atoms with Gasteiger partial charge in [-0.15, -0.1) is 11.3 Å². The Morgan fingerprint density at radius 1 is 0.908 bits per heavy atom. The number of benzene rings is 1. The minimum atomic E-state index is -0.826. The zero-order valence-corrected chi connectivity index (χ0v) is 40.5. The number of likely N-dealkylation sites (N-methyl/N-ethyl adjacent to an activating group) is 2.